The molecular weight excluding hydrogens is 330 g/mol. The summed E-state index contributed by atoms with van der Waals surface area (Å²) in [5.74, 6) is 0.552. The minimum Gasteiger partial charge on any atom is -0.378 e. The van der Waals surface area contributed by atoms with Gasteiger partial charge in [-0.05, 0) is 40.7 Å². The molecule has 1 aliphatic heterocycles. The smallest absolute Gasteiger partial charge is 0.0622 e. The van der Waals surface area contributed by atoms with E-state index in [9.17, 15) is 0 Å². The van der Waals surface area contributed by atoms with Crippen LogP contribution in [0.4, 0.5) is 0 Å². The van der Waals surface area contributed by atoms with Crippen LogP contribution in [0.15, 0.2) is 72.8 Å². The fraction of sp³-hybridized carbons (Fsp3) is 0.360. The summed E-state index contributed by atoms with van der Waals surface area (Å²) < 4.78 is 5.82. The van der Waals surface area contributed by atoms with Crippen molar-refractivity contribution in [1.29, 1.82) is 0 Å². The zero-order chi connectivity index (χ0) is 18.5. The Morgan fingerprint density at radius 2 is 1.74 bits per heavy atom. The number of nitrogens with zero attached hydrogens (tertiary/aromatic N) is 1. The van der Waals surface area contributed by atoms with Gasteiger partial charge in [0.05, 0.1) is 13.2 Å². The predicted molar refractivity (Wildman–Crippen MR) is 113 cm³/mol. The van der Waals surface area contributed by atoms with Crippen LogP contribution < -0.4 is 0 Å². The first kappa shape index (κ1) is 18.2. The van der Waals surface area contributed by atoms with Gasteiger partial charge in [-0.3, -0.25) is 4.90 Å². The van der Waals surface area contributed by atoms with Gasteiger partial charge in [0, 0.05) is 19.1 Å². The number of morpholine rings is 1. The van der Waals surface area contributed by atoms with Gasteiger partial charge in [0.25, 0.3) is 0 Å². The topological polar surface area (TPSA) is 12.5 Å². The lowest BCUT2D eigenvalue weighted by atomic mass is 9.90. The van der Waals surface area contributed by atoms with E-state index >= 15 is 0 Å². The number of benzene rings is 3. The molecule has 2 nitrogen and oxygen atoms in total. The highest BCUT2D eigenvalue weighted by molar-refractivity contribution is 5.86. The van der Waals surface area contributed by atoms with Crippen molar-refractivity contribution in [3.05, 3.63) is 83.9 Å². The Bertz CT molecular complexity index is 855. The van der Waals surface area contributed by atoms with Gasteiger partial charge in [-0.1, -0.05) is 79.7 Å². The van der Waals surface area contributed by atoms with Gasteiger partial charge in [-0.25, -0.2) is 0 Å². The van der Waals surface area contributed by atoms with E-state index in [-0.39, 0.29) is 0 Å². The molecule has 3 aromatic rings. The highest BCUT2D eigenvalue weighted by Gasteiger charge is 2.24. The summed E-state index contributed by atoms with van der Waals surface area (Å²) in [4.78, 5) is 2.61. The van der Waals surface area contributed by atoms with Gasteiger partial charge < -0.3 is 4.74 Å². The van der Waals surface area contributed by atoms with Crippen molar-refractivity contribution in [2.45, 2.75) is 38.3 Å². The average molecular weight is 360 g/mol. The average Bonchev–Trinajstić information content (AvgIpc) is 2.73. The van der Waals surface area contributed by atoms with E-state index in [1.807, 2.05) is 0 Å². The van der Waals surface area contributed by atoms with Crippen molar-refractivity contribution < 1.29 is 4.74 Å². The van der Waals surface area contributed by atoms with Crippen molar-refractivity contribution in [3.8, 4) is 0 Å². The summed E-state index contributed by atoms with van der Waals surface area (Å²) >= 11 is 0. The molecule has 1 aliphatic rings. The standard InChI is InChI=1S/C25H29NO/c1-20(24-13-7-11-22-10-5-6-12-25(22)24)14-15-23-19-27-17-16-26(23)18-21-8-3-2-4-9-21/h2-13,20,23H,14-19H2,1H3/t20-,23?/m0/s1. The fourth-order valence-corrected chi connectivity index (χ4v) is 4.26. The predicted octanol–water partition coefficient (Wildman–Crippen LogP) is 5.62. The molecule has 2 atom stereocenters. The van der Waals surface area contributed by atoms with Crippen molar-refractivity contribution in [2.24, 2.45) is 0 Å². The van der Waals surface area contributed by atoms with E-state index in [0.717, 1.165) is 26.3 Å². The molecule has 3 aromatic carbocycles. The molecule has 140 valence electrons. The molecule has 1 fully saturated rings. The molecule has 0 saturated carbocycles. The molecule has 1 unspecified atom stereocenters. The van der Waals surface area contributed by atoms with Gasteiger partial charge in [0.2, 0.25) is 0 Å². The van der Waals surface area contributed by atoms with Crippen LogP contribution >= 0.6 is 0 Å². The van der Waals surface area contributed by atoms with Crippen molar-refractivity contribution in [3.63, 3.8) is 0 Å². The van der Waals surface area contributed by atoms with E-state index in [1.165, 1.54) is 34.7 Å². The maximum Gasteiger partial charge on any atom is 0.0622 e. The summed E-state index contributed by atoms with van der Waals surface area (Å²) in [6.07, 6.45) is 2.37. The third kappa shape index (κ3) is 4.40. The van der Waals surface area contributed by atoms with Crippen LogP contribution in [-0.2, 0) is 11.3 Å². The number of ether oxygens (including phenoxy) is 1. The summed E-state index contributed by atoms with van der Waals surface area (Å²) in [6, 6.07) is 26.8. The van der Waals surface area contributed by atoms with E-state index in [1.54, 1.807) is 0 Å². The Kier molecular flexibility index (Phi) is 5.86. The molecule has 0 aromatic heterocycles. The summed E-state index contributed by atoms with van der Waals surface area (Å²) in [5.41, 5.74) is 2.87. The van der Waals surface area contributed by atoms with Gasteiger partial charge in [0.1, 0.15) is 0 Å². The van der Waals surface area contributed by atoms with Crippen molar-refractivity contribution >= 4 is 10.8 Å². The number of fused-ring (bicyclic) bond motifs is 1. The third-order valence-corrected chi connectivity index (χ3v) is 5.87. The number of rotatable bonds is 6. The van der Waals surface area contributed by atoms with Crippen LogP contribution in [0.5, 0.6) is 0 Å². The lowest BCUT2D eigenvalue weighted by Gasteiger charge is -2.36. The van der Waals surface area contributed by atoms with E-state index in [2.05, 4.69) is 84.6 Å². The molecule has 0 N–H and O–H groups in total. The van der Waals surface area contributed by atoms with Gasteiger partial charge in [-0.15, -0.1) is 0 Å². The van der Waals surface area contributed by atoms with Crippen LogP contribution in [0.2, 0.25) is 0 Å². The fourth-order valence-electron chi connectivity index (χ4n) is 4.26. The normalized spacial score (nSPS) is 19.2. The van der Waals surface area contributed by atoms with Crippen LogP contribution in [0, 0.1) is 0 Å². The highest BCUT2D eigenvalue weighted by Crippen LogP contribution is 2.30. The van der Waals surface area contributed by atoms with Crippen molar-refractivity contribution in [1.82, 2.24) is 4.90 Å². The molecule has 2 heteroatoms. The van der Waals surface area contributed by atoms with Gasteiger partial charge in [0.15, 0.2) is 0 Å². The summed E-state index contributed by atoms with van der Waals surface area (Å²) in [7, 11) is 0. The largest absolute Gasteiger partial charge is 0.378 e. The van der Waals surface area contributed by atoms with Crippen LogP contribution in [0.3, 0.4) is 0 Å². The van der Waals surface area contributed by atoms with Crippen LogP contribution in [0.1, 0.15) is 36.8 Å². The molecule has 27 heavy (non-hydrogen) atoms. The summed E-state index contributed by atoms with van der Waals surface area (Å²) in [5, 5.41) is 2.74. The Morgan fingerprint density at radius 1 is 0.963 bits per heavy atom. The lowest BCUT2D eigenvalue weighted by Crippen LogP contribution is -2.44. The Hall–Kier alpha value is -2.16. The van der Waals surface area contributed by atoms with Crippen LogP contribution in [0.25, 0.3) is 10.8 Å². The molecule has 0 aliphatic carbocycles. The summed E-state index contributed by atoms with van der Waals surface area (Å²) in [6.45, 7) is 6.13. The zero-order valence-electron chi connectivity index (χ0n) is 16.2. The molecule has 0 radical (unpaired) electrons. The zero-order valence-corrected chi connectivity index (χ0v) is 16.2. The SMILES string of the molecule is C[C@@H](CCC1COCCN1Cc1ccccc1)c1cccc2ccccc12. The second-order valence-electron chi connectivity index (χ2n) is 7.73. The Morgan fingerprint density at radius 3 is 2.63 bits per heavy atom. The lowest BCUT2D eigenvalue weighted by molar-refractivity contribution is -0.0155. The molecule has 1 saturated heterocycles. The van der Waals surface area contributed by atoms with E-state index in [0.29, 0.717) is 12.0 Å². The van der Waals surface area contributed by atoms with Gasteiger partial charge in [-0.2, -0.15) is 0 Å². The first-order valence-corrected chi connectivity index (χ1v) is 10.1. The molecule has 0 bridgehead atoms. The number of hydrogen-bond donors (Lipinski definition) is 0. The van der Waals surface area contributed by atoms with E-state index < -0.39 is 0 Å². The second kappa shape index (κ2) is 8.69. The monoisotopic (exact) mass is 359 g/mol. The second-order valence-corrected chi connectivity index (χ2v) is 7.73. The van der Waals surface area contributed by atoms with Crippen LogP contribution in [-0.4, -0.2) is 30.7 Å². The number of hydrogen-bond acceptors (Lipinski definition) is 2. The first-order valence-electron chi connectivity index (χ1n) is 10.1. The highest BCUT2D eigenvalue weighted by atomic mass is 16.5. The van der Waals surface area contributed by atoms with Crippen molar-refractivity contribution in [2.75, 3.05) is 19.8 Å². The molecule has 1 heterocycles. The molecule has 0 amide bonds. The molecule has 4 rings (SSSR count). The Labute approximate surface area is 162 Å². The minimum atomic E-state index is 0.511. The maximum atomic E-state index is 5.82. The maximum absolute atomic E-state index is 5.82. The Balaban J connectivity index is 1.43. The minimum absolute atomic E-state index is 0.511. The molecular formula is C25H29NO. The first-order chi connectivity index (χ1) is 13.3. The van der Waals surface area contributed by atoms with Gasteiger partial charge >= 0.3 is 0 Å². The van der Waals surface area contributed by atoms with E-state index in [4.69, 9.17) is 4.74 Å². The molecule has 0 spiro atoms. The third-order valence-electron chi connectivity index (χ3n) is 5.87. The quantitative estimate of drug-likeness (QED) is 0.566.